The molecule has 0 N–H and O–H groups in total. The normalized spacial score (nSPS) is 12.0. The van der Waals surface area contributed by atoms with Crippen LogP contribution in [0.3, 0.4) is 0 Å². The van der Waals surface area contributed by atoms with E-state index in [2.05, 4.69) is 6.92 Å². The summed E-state index contributed by atoms with van der Waals surface area (Å²) in [4.78, 5) is 0. The summed E-state index contributed by atoms with van der Waals surface area (Å²) in [6.45, 7) is 2.87. The molecule has 4 heteroatoms. The molecule has 0 unspecified atom stereocenters. The van der Waals surface area contributed by atoms with Crippen molar-refractivity contribution in [1.29, 1.82) is 0 Å². The largest absolute Gasteiger partial charge is 0.419 e. The number of rotatable bonds is 16. The monoisotopic (exact) mass is 304 g/mol. The Hall–Kier alpha value is 0.0969. The van der Waals surface area contributed by atoms with Crippen molar-refractivity contribution in [3.63, 3.8) is 0 Å². The third-order valence-electron chi connectivity index (χ3n) is 3.67. The van der Waals surface area contributed by atoms with Gasteiger partial charge in [0.25, 0.3) is 0 Å². The van der Waals surface area contributed by atoms with E-state index in [0.29, 0.717) is 6.61 Å². The van der Waals surface area contributed by atoms with E-state index in [1.807, 2.05) is 0 Å². The maximum atomic E-state index is 5.65. The first-order valence-electron chi connectivity index (χ1n) is 8.48. The molecule has 0 bridgehead atoms. The van der Waals surface area contributed by atoms with Crippen molar-refractivity contribution in [3.05, 3.63) is 0 Å². The minimum Gasteiger partial charge on any atom is -0.419 e. The van der Waals surface area contributed by atoms with Crippen LogP contribution in [0.2, 0.25) is 6.04 Å². The van der Waals surface area contributed by atoms with E-state index in [-0.39, 0.29) is 16.1 Å². The second kappa shape index (κ2) is 17.1. The van der Waals surface area contributed by atoms with E-state index in [1.54, 1.807) is 14.2 Å². The highest BCUT2D eigenvalue weighted by molar-refractivity contribution is 6.26. The molecule has 0 saturated heterocycles. The molecule has 0 aliphatic rings. The van der Waals surface area contributed by atoms with E-state index in [1.165, 1.54) is 70.3 Å². The fraction of sp³-hybridized carbons (Fsp3) is 1.00. The van der Waals surface area contributed by atoms with Crippen molar-refractivity contribution in [2.75, 3.05) is 20.8 Å². The van der Waals surface area contributed by atoms with Gasteiger partial charge >= 0.3 is 0 Å². The lowest BCUT2D eigenvalue weighted by molar-refractivity contribution is -0.121. The van der Waals surface area contributed by atoms with Gasteiger partial charge in [-0.3, -0.25) is 0 Å². The summed E-state index contributed by atoms with van der Waals surface area (Å²) < 4.78 is 15.8. The lowest BCUT2D eigenvalue weighted by Gasteiger charge is -2.13. The topological polar surface area (TPSA) is 27.7 Å². The Morgan fingerprint density at radius 2 is 1.25 bits per heavy atom. The van der Waals surface area contributed by atoms with Gasteiger partial charge in [-0.1, -0.05) is 71.1 Å². The van der Waals surface area contributed by atoms with Crippen LogP contribution in [0.4, 0.5) is 0 Å². The van der Waals surface area contributed by atoms with Crippen LogP contribution >= 0.6 is 0 Å². The quantitative estimate of drug-likeness (QED) is 0.245. The summed E-state index contributed by atoms with van der Waals surface area (Å²) in [5, 5.41) is 0. The molecule has 0 aromatic heterocycles. The Balaban J connectivity index is 3.02. The molecule has 20 heavy (non-hydrogen) atoms. The average Bonchev–Trinajstić information content (AvgIpc) is 2.48. The van der Waals surface area contributed by atoms with E-state index in [9.17, 15) is 0 Å². The van der Waals surface area contributed by atoms with Gasteiger partial charge in [-0.25, -0.2) is 0 Å². The smallest absolute Gasteiger partial charge is 0.178 e. The second-order valence-corrected chi connectivity index (χ2v) is 7.04. The lowest BCUT2D eigenvalue weighted by atomic mass is 10.1. The van der Waals surface area contributed by atoms with Crippen LogP contribution in [0.25, 0.3) is 0 Å². The SMILES string of the molecule is CCCCCCCCCCCC[SiH2]OCC(OC)OC. The molecular formula is C16H36O3Si. The number of unbranched alkanes of at least 4 members (excludes halogenated alkanes) is 9. The molecule has 0 fully saturated rings. The Labute approximate surface area is 128 Å². The molecule has 0 aromatic carbocycles. The van der Waals surface area contributed by atoms with E-state index in [4.69, 9.17) is 13.9 Å². The Morgan fingerprint density at radius 1 is 0.750 bits per heavy atom. The number of methoxy groups -OCH3 is 2. The van der Waals surface area contributed by atoms with Crippen molar-refractivity contribution >= 4 is 9.76 Å². The van der Waals surface area contributed by atoms with Gasteiger partial charge < -0.3 is 13.9 Å². The highest BCUT2D eigenvalue weighted by Gasteiger charge is 2.03. The number of hydrogen-bond acceptors (Lipinski definition) is 3. The van der Waals surface area contributed by atoms with Crippen molar-refractivity contribution in [2.24, 2.45) is 0 Å². The summed E-state index contributed by atoms with van der Waals surface area (Å²) in [5.74, 6) is 0. The minimum absolute atomic E-state index is 0.185. The lowest BCUT2D eigenvalue weighted by Crippen LogP contribution is -2.21. The van der Waals surface area contributed by atoms with Gasteiger partial charge in [0.05, 0.1) is 6.61 Å². The molecule has 0 heterocycles. The summed E-state index contributed by atoms with van der Waals surface area (Å²) in [6.07, 6.45) is 13.9. The average molecular weight is 305 g/mol. The van der Waals surface area contributed by atoms with Crippen molar-refractivity contribution in [1.82, 2.24) is 0 Å². The van der Waals surface area contributed by atoms with Crippen molar-refractivity contribution < 1.29 is 13.9 Å². The Kier molecular flexibility index (Phi) is 17.2. The summed E-state index contributed by atoms with van der Waals surface area (Å²) >= 11 is 0. The van der Waals surface area contributed by atoms with Gasteiger partial charge in [-0.05, 0) is 6.04 Å². The number of ether oxygens (including phenoxy) is 2. The van der Waals surface area contributed by atoms with E-state index in [0.717, 1.165) is 0 Å². The zero-order valence-corrected chi connectivity index (χ0v) is 15.4. The van der Waals surface area contributed by atoms with Gasteiger partial charge in [0.1, 0.15) is 0 Å². The molecule has 0 amide bonds. The van der Waals surface area contributed by atoms with Crippen LogP contribution in [-0.2, 0) is 13.9 Å². The van der Waals surface area contributed by atoms with Crippen LogP contribution in [-0.4, -0.2) is 36.9 Å². The minimum atomic E-state index is -0.364. The Bertz CT molecular complexity index is 175. The molecule has 122 valence electrons. The van der Waals surface area contributed by atoms with Gasteiger partial charge in [0.15, 0.2) is 16.1 Å². The molecule has 0 aliphatic carbocycles. The zero-order valence-electron chi connectivity index (χ0n) is 14.0. The van der Waals surface area contributed by atoms with Crippen molar-refractivity contribution in [2.45, 2.75) is 83.5 Å². The van der Waals surface area contributed by atoms with Crippen molar-refractivity contribution in [3.8, 4) is 0 Å². The van der Waals surface area contributed by atoms with E-state index < -0.39 is 0 Å². The molecule has 0 spiro atoms. The molecule has 0 atom stereocenters. The number of hydrogen-bond donors (Lipinski definition) is 0. The van der Waals surface area contributed by atoms with Gasteiger partial charge in [-0.2, -0.15) is 0 Å². The molecule has 0 aromatic rings. The van der Waals surface area contributed by atoms with Crippen LogP contribution in [0.1, 0.15) is 71.1 Å². The first-order valence-corrected chi connectivity index (χ1v) is 10.1. The molecule has 0 rings (SSSR count). The van der Waals surface area contributed by atoms with Crippen LogP contribution < -0.4 is 0 Å². The maximum absolute atomic E-state index is 5.65. The summed E-state index contributed by atoms with van der Waals surface area (Å²) in [7, 11) is 2.94. The van der Waals surface area contributed by atoms with Crippen LogP contribution in [0, 0.1) is 0 Å². The fourth-order valence-corrected chi connectivity index (χ4v) is 3.40. The zero-order chi connectivity index (χ0) is 14.9. The molecule has 0 radical (unpaired) electrons. The molecular weight excluding hydrogens is 268 g/mol. The van der Waals surface area contributed by atoms with Gasteiger partial charge in [0.2, 0.25) is 0 Å². The standard InChI is InChI=1S/C16H36O3Si/c1-4-5-6-7-8-9-10-11-12-13-14-20-19-15-16(17-2)18-3/h16H,4-15,20H2,1-3H3. The van der Waals surface area contributed by atoms with Gasteiger partial charge in [-0.15, -0.1) is 0 Å². The highest BCUT2D eigenvalue weighted by atomic mass is 28.2. The van der Waals surface area contributed by atoms with Gasteiger partial charge in [0, 0.05) is 14.2 Å². The summed E-state index contributed by atoms with van der Waals surface area (Å²) in [5.41, 5.74) is 0. The third-order valence-corrected chi connectivity index (χ3v) is 4.98. The van der Waals surface area contributed by atoms with Crippen LogP contribution in [0.5, 0.6) is 0 Å². The predicted molar refractivity (Wildman–Crippen MR) is 89.0 cm³/mol. The molecule has 0 saturated carbocycles. The highest BCUT2D eigenvalue weighted by Crippen LogP contribution is 2.11. The second-order valence-electron chi connectivity index (χ2n) is 5.51. The maximum Gasteiger partial charge on any atom is 0.178 e. The first kappa shape index (κ1) is 20.1. The Morgan fingerprint density at radius 3 is 1.75 bits per heavy atom. The predicted octanol–water partition coefficient (Wildman–Crippen LogP) is 4.04. The third kappa shape index (κ3) is 14.5. The molecule has 0 aliphatic heterocycles. The fourth-order valence-electron chi connectivity index (χ4n) is 2.28. The summed E-state index contributed by atoms with van der Waals surface area (Å²) in [6, 6.07) is 1.29. The van der Waals surface area contributed by atoms with E-state index >= 15 is 0 Å². The van der Waals surface area contributed by atoms with Crippen LogP contribution in [0.15, 0.2) is 0 Å². The molecule has 3 nitrogen and oxygen atoms in total. The first-order chi connectivity index (χ1) is 9.85.